The summed E-state index contributed by atoms with van der Waals surface area (Å²) >= 11 is 0. The van der Waals surface area contributed by atoms with E-state index < -0.39 is 0 Å². The van der Waals surface area contributed by atoms with Crippen molar-refractivity contribution in [1.82, 2.24) is 5.32 Å². The molecule has 0 aromatic heterocycles. The van der Waals surface area contributed by atoms with E-state index in [1.54, 1.807) is 25.3 Å². The first-order valence-corrected chi connectivity index (χ1v) is 9.98. The molecule has 3 aromatic rings. The van der Waals surface area contributed by atoms with Crippen molar-refractivity contribution in [3.8, 4) is 5.75 Å². The molecule has 1 unspecified atom stereocenters. The van der Waals surface area contributed by atoms with Gasteiger partial charge >= 0.3 is 0 Å². The molecule has 0 bridgehead atoms. The molecule has 0 saturated carbocycles. The Morgan fingerprint density at radius 3 is 2.27 bits per heavy atom. The van der Waals surface area contributed by atoms with Crippen LogP contribution in [0, 0.1) is 13.8 Å². The van der Waals surface area contributed by atoms with Gasteiger partial charge in [0.25, 0.3) is 0 Å². The van der Waals surface area contributed by atoms with Crippen LogP contribution in [0.5, 0.6) is 5.75 Å². The van der Waals surface area contributed by atoms with E-state index in [1.165, 1.54) is 18.1 Å². The number of benzene rings is 3. The highest BCUT2D eigenvalue weighted by atomic mass is 16.5. The first kappa shape index (κ1) is 21.3. The van der Waals surface area contributed by atoms with Gasteiger partial charge in [-0.05, 0) is 61.2 Å². The molecule has 1 N–H and O–H groups in total. The number of ether oxygens (including phenoxy) is 1. The molecule has 0 radical (unpaired) electrons. The van der Waals surface area contributed by atoms with Crippen LogP contribution in [0.1, 0.15) is 51.1 Å². The molecule has 3 rings (SSSR count). The number of rotatable bonds is 7. The fourth-order valence-electron chi connectivity index (χ4n) is 3.47. The molecule has 30 heavy (non-hydrogen) atoms. The van der Waals surface area contributed by atoms with Gasteiger partial charge in [0.15, 0.2) is 5.78 Å². The summed E-state index contributed by atoms with van der Waals surface area (Å²) in [6, 6.07) is 21.1. The number of carbonyl (C=O) groups is 2. The van der Waals surface area contributed by atoms with E-state index in [9.17, 15) is 9.59 Å². The predicted molar refractivity (Wildman–Crippen MR) is 119 cm³/mol. The van der Waals surface area contributed by atoms with E-state index in [-0.39, 0.29) is 24.2 Å². The Labute approximate surface area is 177 Å². The molecule has 0 aliphatic heterocycles. The summed E-state index contributed by atoms with van der Waals surface area (Å²) in [5, 5.41) is 3.17. The minimum absolute atomic E-state index is 0.0448. The maximum Gasteiger partial charge on any atom is 0.225 e. The second-order valence-electron chi connectivity index (χ2n) is 7.51. The Bertz CT molecular complexity index is 1060. The average molecular weight is 402 g/mol. The van der Waals surface area contributed by atoms with Crippen molar-refractivity contribution < 1.29 is 14.3 Å². The fraction of sp³-hybridized carbons (Fsp3) is 0.231. The van der Waals surface area contributed by atoms with Crippen LogP contribution < -0.4 is 10.1 Å². The normalized spacial score (nSPS) is 11.6. The molecule has 0 saturated heterocycles. The van der Waals surface area contributed by atoms with Crippen LogP contribution in [0.15, 0.2) is 66.7 Å². The molecule has 1 amide bonds. The number of nitrogens with one attached hydrogen (secondary N) is 1. The first-order chi connectivity index (χ1) is 14.4. The van der Waals surface area contributed by atoms with Gasteiger partial charge in [-0.25, -0.2) is 0 Å². The summed E-state index contributed by atoms with van der Waals surface area (Å²) in [6.45, 7) is 5.65. The van der Waals surface area contributed by atoms with Crippen LogP contribution in [0.4, 0.5) is 0 Å². The maximum absolute atomic E-state index is 13.0. The largest absolute Gasteiger partial charge is 0.496 e. The Morgan fingerprint density at radius 2 is 1.63 bits per heavy atom. The molecular weight excluding hydrogens is 374 g/mol. The third-order valence-corrected chi connectivity index (χ3v) is 5.34. The Morgan fingerprint density at radius 1 is 0.900 bits per heavy atom. The zero-order valence-electron chi connectivity index (χ0n) is 17.9. The summed E-state index contributed by atoms with van der Waals surface area (Å²) in [5.41, 5.74) is 5.68. The highest BCUT2D eigenvalue weighted by Gasteiger charge is 2.19. The lowest BCUT2D eigenvalue weighted by atomic mass is 9.95. The standard InChI is InChI=1S/C26H27NO3/c1-17-10-11-22(14-18(17)2)26(20-8-6-5-7-9-20)27-25(29)16-23-15-21(19(3)28)12-13-24(23)30-4/h5-15,26H,16H2,1-4H3,(H,27,29). The highest BCUT2D eigenvalue weighted by molar-refractivity contribution is 5.94. The molecule has 0 aliphatic carbocycles. The van der Waals surface area contributed by atoms with Crippen molar-refractivity contribution in [1.29, 1.82) is 0 Å². The lowest BCUT2D eigenvalue weighted by Gasteiger charge is -2.21. The van der Waals surface area contributed by atoms with Crippen LogP contribution in [0.3, 0.4) is 0 Å². The van der Waals surface area contributed by atoms with Crippen molar-refractivity contribution in [2.24, 2.45) is 0 Å². The van der Waals surface area contributed by atoms with Crippen molar-refractivity contribution in [2.45, 2.75) is 33.2 Å². The van der Waals surface area contributed by atoms with Gasteiger partial charge in [-0.1, -0.05) is 48.5 Å². The molecule has 0 spiro atoms. The van der Waals surface area contributed by atoms with Crippen LogP contribution in [-0.2, 0) is 11.2 Å². The van der Waals surface area contributed by atoms with Gasteiger partial charge < -0.3 is 10.1 Å². The Balaban J connectivity index is 1.90. The van der Waals surface area contributed by atoms with Crippen LogP contribution >= 0.6 is 0 Å². The van der Waals surface area contributed by atoms with Gasteiger partial charge in [0.05, 0.1) is 19.6 Å². The van der Waals surface area contributed by atoms with Crippen LogP contribution in [-0.4, -0.2) is 18.8 Å². The highest BCUT2D eigenvalue weighted by Crippen LogP contribution is 2.25. The number of hydrogen-bond donors (Lipinski definition) is 1. The monoisotopic (exact) mass is 401 g/mol. The summed E-state index contributed by atoms with van der Waals surface area (Å²) in [6.07, 6.45) is 0.123. The van der Waals surface area contributed by atoms with Crippen molar-refractivity contribution in [3.63, 3.8) is 0 Å². The zero-order valence-corrected chi connectivity index (χ0v) is 17.9. The molecule has 0 fully saturated rings. The van der Waals surface area contributed by atoms with Gasteiger partial charge in [-0.3, -0.25) is 9.59 Å². The van der Waals surface area contributed by atoms with Gasteiger partial charge in [0, 0.05) is 11.1 Å². The molecular formula is C26H27NO3. The number of Topliss-reactive ketones (excluding diaryl/α,β-unsaturated/α-hetero) is 1. The van der Waals surface area contributed by atoms with E-state index in [1.807, 2.05) is 30.3 Å². The van der Waals surface area contributed by atoms with E-state index in [2.05, 4.69) is 37.4 Å². The average Bonchev–Trinajstić information content (AvgIpc) is 2.74. The summed E-state index contributed by atoms with van der Waals surface area (Å²) in [5.74, 6) is 0.412. The quantitative estimate of drug-likeness (QED) is 0.569. The molecule has 0 heterocycles. The maximum atomic E-state index is 13.0. The van der Waals surface area contributed by atoms with Gasteiger partial charge in [-0.2, -0.15) is 0 Å². The lowest BCUT2D eigenvalue weighted by Crippen LogP contribution is -2.30. The molecule has 4 nitrogen and oxygen atoms in total. The predicted octanol–water partition coefficient (Wildman–Crippen LogP) is 4.96. The summed E-state index contributed by atoms with van der Waals surface area (Å²) in [4.78, 5) is 24.8. The van der Waals surface area contributed by atoms with Crippen molar-refractivity contribution in [3.05, 3.63) is 100 Å². The molecule has 1 atom stereocenters. The number of carbonyl (C=O) groups excluding carboxylic acids is 2. The summed E-state index contributed by atoms with van der Waals surface area (Å²) in [7, 11) is 1.56. The molecule has 4 heteroatoms. The first-order valence-electron chi connectivity index (χ1n) is 9.98. The second kappa shape index (κ2) is 9.40. The number of hydrogen-bond acceptors (Lipinski definition) is 3. The number of amides is 1. The minimum atomic E-state index is -0.264. The van der Waals surface area contributed by atoms with Gasteiger partial charge in [0.1, 0.15) is 5.75 Å². The van der Waals surface area contributed by atoms with E-state index in [4.69, 9.17) is 4.74 Å². The third kappa shape index (κ3) is 4.95. The van der Waals surface area contributed by atoms with Crippen molar-refractivity contribution >= 4 is 11.7 Å². The van der Waals surface area contributed by atoms with E-state index >= 15 is 0 Å². The van der Waals surface area contributed by atoms with Crippen molar-refractivity contribution in [2.75, 3.05) is 7.11 Å². The lowest BCUT2D eigenvalue weighted by molar-refractivity contribution is -0.121. The fourth-order valence-corrected chi connectivity index (χ4v) is 3.47. The Kier molecular flexibility index (Phi) is 6.68. The zero-order chi connectivity index (χ0) is 21.7. The third-order valence-electron chi connectivity index (χ3n) is 5.34. The molecule has 154 valence electrons. The number of aryl methyl sites for hydroxylation is 2. The summed E-state index contributed by atoms with van der Waals surface area (Å²) < 4.78 is 5.39. The number of methoxy groups -OCH3 is 1. The van der Waals surface area contributed by atoms with Gasteiger partial charge in [0.2, 0.25) is 5.91 Å². The van der Waals surface area contributed by atoms with Crippen LogP contribution in [0.2, 0.25) is 0 Å². The molecule has 0 aliphatic rings. The molecule has 3 aromatic carbocycles. The van der Waals surface area contributed by atoms with E-state index in [0.29, 0.717) is 16.9 Å². The minimum Gasteiger partial charge on any atom is -0.496 e. The number of ketones is 1. The van der Waals surface area contributed by atoms with Gasteiger partial charge in [-0.15, -0.1) is 0 Å². The van der Waals surface area contributed by atoms with E-state index in [0.717, 1.165) is 11.1 Å². The Hall–Kier alpha value is -3.40. The van der Waals surface area contributed by atoms with Crippen LogP contribution in [0.25, 0.3) is 0 Å². The topological polar surface area (TPSA) is 55.4 Å². The SMILES string of the molecule is COc1ccc(C(C)=O)cc1CC(=O)NC(c1ccccc1)c1ccc(C)c(C)c1. The smallest absolute Gasteiger partial charge is 0.225 e. The second-order valence-corrected chi connectivity index (χ2v) is 7.51.